The molecular weight excluding hydrogens is 236 g/mol. The maximum atomic E-state index is 13.6. The van der Waals surface area contributed by atoms with Gasteiger partial charge in [0.25, 0.3) is 0 Å². The molecule has 18 heavy (non-hydrogen) atoms. The number of hydrogen-bond acceptors (Lipinski definition) is 2. The maximum absolute atomic E-state index is 13.6. The van der Waals surface area contributed by atoms with Gasteiger partial charge in [-0.2, -0.15) is 5.10 Å². The zero-order valence-corrected chi connectivity index (χ0v) is 10.3. The topological polar surface area (TPSA) is 40.7 Å². The predicted molar refractivity (Wildman–Crippen MR) is 64.9 cm³/mol. The van der Waals surface area contributed by atoms with Gasteiger partial charge in [0, 0.05) is 29.4 Å². The summed E-state index contributed by atoms with van der Waals surface area (Å²) in [7, 11) is 0. The molecule has 1 heterocycles. The van der Waals surface area contributed by atoms with Crippen LogP contribution in [0.15, 0.2) is 24.4 Å². The monoisotopic (exact) mass is 251 g/mol. The highest BCUT2D eigenvalue weighted by atomic mass is 19.2. The Morgan fingerprint density at radius 3 is 2.83 bits per heavy atom. The number of nitrogens with zero attached hydrogens (tertiary/aromatic N) is 1. The van der Waals surface area contributed by atoms with E-state index in [1.54, 1.807) is 19.2 Å². The van der Waals surface area contributed by atoms with E-state index in [-0.39, 0.29) is 6.04 Å². The molecule has 0 fully saturated rings. The summed E-state index contributed by atoms with van der Waals surface area (Å²) in [6.07, 6.45) is 1.72. The van der Waals surface area contributed by atoms with Crippen LogP contribution in [0.3, 0.4) is 0 Å². The first-order valence-corrected chi connectivity index (χ1v) is 5.75. The summed E-state index contributed by atoms with van der Waals surface area (Å²) < 4.78 is 26.7. The molecule has 96 valence electrons. The molecule has 3 nitrogen and oxygen atoms in total. The Labute approximate surface area is 104 Å². The van der Waals surface area contributed by atoms with Gasteiger partial charge in [0.05, 0.1) is 6.20 Å². The van der Waals surface area contributed by atoms with Crippen molar-refractivity contribution < 1.29 is 8.78 Å². The molecule has 1 atom stereocenters. The Balaban J connectivity index is 2.06. The Kier molecular flexibility index (Phi) is 3.72. The SMILES string of the molecule is Cc1[nH]ncc1CNC(C)c1cccc(F)c1F. The van der Waals surface area contributed by atoms with Crippen molar-refractivity contribution in [1.82, 2.24) is 15.5 Å². The van der Waals surface area contributed by atoms with E-state index in [4.69, 9.17) is 0 Å². The van der Waals surface area contributed by atoms with Crippen LogP contribution in [-0.2, 0) is 6.54 Å². The minimum atomic E-state index is -0.819. The van der Waals surface area contributed by atoms with Crippen molar-refractivity contribution >= 4 is 0 Å². The molecule has 0 spiro atoms. The molecule has 2 rings (SSSR count). The highest BCUT2D eigenvalue weighted by molar-refractivity contribution is 5.22. The number of halogens is 2. The molecule has 2 N–H and O–H groups in total. The first kappa shape index (κ1) is 12.7. The molecule has 2 aromatic rings. The molecule has 0 aliphatic carbocycles. The van der Waals surface area contributed by atoms with Crippen LogP contribution in [0.1, 0.15) is 29.8 Å². The lowest BCUT2D eigenvalue weighted by atomic mass is 10.1. The van der Waals surface area contributed by atoms with Gasteiger partial charge in [0.1, 0.15) is 0 Å². The number of nitrogens with one attached hydrogen (secondary N) is 2. The zero-order chi connectivity index (χ0) is 13.1. The Morgan fingerprint density at radius 2 is 2.17 bits per heavy atom. The Hall–Kier alpha value is -1.75. The summed E-state index contributed by atoms with van der Waals surface area (Å²) in [4.78, 5) is 0. The van der Waals surface area contributed by atoms with Crippen molar-refractivity contribution in [3.8, 4) is 0 Å². The second-order valence-corrected chi connectivity index (χ2v) is 4.27. The fourth-order valence-electron chi connectivity index (χ4n) is 1.78. The lowest BCUT2D eigenvalue weighted by Gasteiger charge is -2.15. The molecule has 1 aromatic heterocycles. The highest BCUT2D eigenvalue weighted by Gasteiger charge is 2.14. The van der Waals surface area contributed by atoms with E-state index in [2.05, 4.69) is 15.5 Å². The predicted octanol–water partition coefficient (Wildman–Crippen LogP) is 2.85. The number of benzene rings is 1. The molecule has 5 heteroatoms. The van der Waals surface area contributed by atoms with E-state index < -0.39 is 11.6 Å². The Morgan fingerprint density at radius 1 is 1.39 bits per heavy atom. The first-order valence-electron chi connectivity index (χ1n) is 5.75. The van der Waals surface area contributed by atoms with Gasteiger partial charge < -0.3 is 5.32 Å². The lowest BCUT2D eigenvalue weighted by Crippen LogP contribution is -2.19. The molecule has 0 bridgehead atoms. The first-order chi connectivity index (χ1) is 8.59. The average Bonchev–Trinajstić information content (AvgIpc) is 2.75. The fourth-order valence-corrected chi connectivity index (χ4v) is 1.78. The number of aromatic nitrogens is 2. The second kappa shape index (κ2) is 5.27. The minimum Gasteiger partial charge on any atom is -0.306 e. The van der Waals surface area contributed by atoms with Crippen molar-refractivity contribution in [3.63, 3.8) is 0 Å². The number of H-pyrrole nitrogens is 1. The van der Waals surface area contributed by atoms with Crippen LogP contribution < -0.4 is 5.32 Å². The molecule has 1 aromatic carbocycles. The number of aryl methyl sites for hydroxylation is 1. The van der Waals surface area contributed by atoms with Gasteiger partial charge >= 0.3 is 0 Å². The van der Waals surface area contributed by atoms with Crippen molar-refractivity contribution in [2.75, 3.05) is 0 Å². The van der Waals surface area contributed by atoms with E-state index in [1.807, 2.05) is 6.92 Å². The van der Waals surface area contributed by atoms with Crippen LogP contribution in [0.5, 0.6) is 0 Å². The molecular formula is C13H15F2N3. The normalized spacial score (nSPS) is 12.7. The van der Waals surface area contributed by atoms with Gasteiger partial charge in [-0.3, -0.25) is 5.10 Å². The van der Waals surface area contributed by atoms with Gasteiger partial charge in [-0.15, -0.1) is 0 Å². The van der Waals surface area contributed by atoms with Crippen molar-refractivity contribution in [3.05, 3.63) is 52.9 Å². The minimum absolute atomic E-state index is 0.269. The molecule has 0 aliphatic rings. The molecule has 0 amide bonds. The fraction of sp³-hybridized carbons (Fsp3) is 0.308. The second-order valence-electron chi connectivity index (χ2n) is 4.27. The van der Waals surface area contributed by atoms with Gasteiger partial charge in [-0.1, -0.05) is 12.1 Å². The molecule has 0 aliphatic heterocycles. The van der Waals surface area contributed by atoms with Crippen LogP contribution in [-0.4, -0.2) is 10.2 Å². The molecule has 0 saturated heterocycles. The van der Waals surface area contributed by atoms with Gasteiger partial charge in [0.15, 0.2) is 11.6 Å². The van der Waals surface area contributed by atoms with Crippen LogP contribution in [0.25, 0.3) is 0 Å². The third kappa shape index (κ3) is 2.56. The van der Waals surface area contributed by atoms with Crippen molar-refractivity contribution in [1.29, 1.82) is 0 Å². The van der Waals surface area contributed by atoms with E-state index in [1.165, 1.54) is 6.07 Å². The van der Waals surface area contributed by atoms with E-state index in [9.17, 15) is 8.78 Å². The van der Waals surface area contributed by atoms with E-state index in [0.717, 1.165) is 17.3 Å². The number of aromatic amines is 1. The summed E-state index contributed by atoms with van der Waals surface area (Å²) in [6, 6.07) is 3.94. The van der Waals surface area contributed by atoms with Crippen LogP contribution in [0.4, 0.5) is 8.78 Å². The third-order valence-corrected chi connectivity index (χ3v) is 2.98. The molecule has 1 unspecified atom stereocenters. The lowest BCUT2D eigenvalue weighted by molar-refractivity contribution is 0.472. The number of hydrogen-bond donors (Lipinski definition) is 2. The van der Waals surface area contributed by atoms with Gasteiger partial charge in [-0.25, -0.2) is 8.78 Å². The molecule has 0 radical (unpaired) electrons. The smallest absolute Gasteiger partial charge is 0.163 e. The standard InChI is InChI=1S/C13H15F2N3/c1-8-10(7-17-18-8)6-16-9(2)11-4-3-5-12(14)13(11)15/h3-5,7,9,16H,6H2,1-2H3,(H,17,18). The van der Waals surface area contributed by atoms with Crippen LogP contribution in [0.2, 0.25) is 0 Å². The number of rotatable bonds is 4. The van der Waals surface area contributed by atoms with Crippen LogP contribution >= 0.6 is 0 Å². The van der Waals surface area contributed by atoms with Gasteiger partial charge in [0.2, 0.25) is 0 Å². The zero-order valence-electron chi connectivity index (χ0n) is 10.3. The van der Waals surface area contributed by atoms with Crippen molar-refractivity contribution in [2.45, 2.75) is 26.4 Å². The highest BCUT2D eigenvalue weighted by Crippen LogP contribution is 2.19. The third-order valence-electron chi connectivity index (χ3n) is 2.98. The summed E-state index contributed by atoms with van der Waals surface area (Å²) >= 11 is 0. The Bertz CT molecular complexity index is 537. The van der Waals surface area contributed by atoms with Gasteiger partial charge in [-0.05, 0) is 19.9 Å². The average molecular weight is 251 g/mol. The van der Waals surface area contributed by atoms with E-state index in [0.29, 0.717) is 12.1 Å². The largest absolute Gasteiger partial charge is 0.306 e. The van der Waals surface area contributed by atoms with Crippen molar-refractivity contribution in [2.24, 2.45) is 0 Å². The maximum Gasteiger partial charge on any atom is 0.163 e. The quantitative estimate of drug-likeness (QED) is 0.877. The summed E-state index contributed by atoms with van der Waals surface area (Å²) in [5.41, 5.74) is 2.31. The molecule has 0 saturated carbocycles. The summed E-state index contributed by atoms with van der Waals surface area (Å²) in [5, 5.41) is 9.88. The summed E-state index contributed by atoms with van der Waals surface area (Å²) in [6.45, 7) is 4.27. The van der Waals surface area contributed by atoms with Crippen LogP contribution in [0, 0.1) is 18.6 Å². The summed E-state index contributed by atoms with van der Waals surface area (Å²) in [5.74, 6) is -1.61. The van der Waals surface area contributed by atoms with E-state index >= 15 is 0 Å².